The topological polar surface area (TPSA) is 74.8 Å². The van der Waals surface area contributed by atoms with E-state index in [9.17, 15) is 19.2 Å². The Morgan fingerprint density at radius 1 is 0.483 bits per heavy atom. The lowest BCUT2D eigenvalue weighted by molar-refractivity contribution is -0.121. The van der Waals surface area contributed by atoms with Gasteiger partial charge in [-0.3, -0.25) is 19.2 Å². The summed E-state index contributed by atoms with van der Waals surface area (Å²) in [6, 6.07) is 28.3. The fraction of sp³-hybridized carbons (Fsp3) is 0.407. The van der Waals surface area contributed by atoms with E-state index in [4.69, 9.17) is 0 Å². The zero-order chi connectivity index (χ0) is 44.4. The quantitative estimate of drug-likeness (QED) is 0.174. The number of benzene rings is 4. The Kier molecular flexibility index (Phi) is 13.5. The largest absolute Gasteiger partial charge is 0.269 e. The number of hydrogen-bond donors (Lipinski definition) is 0. The molecule has 4 aromatic rings. The van der Waals surface area contributed by atoms with Crippen molar-refractivity contribution in [3.63, 3.8) is 0 Å². The van der Waals surface area contributed by atoms with Gasteiger partial charge in [0.1, 0.15) is 0 Å². The smallest absolute Gasteiger partial charge is 0.258 e. The number of amides is 4. The van der Waals surface area contributed by atoms with Gasteiger partial charge in [-0.2, -0.15) is 0 Å². The van der Waals surface area contributed by atoms with E-state index in [-0.39, 0.29) is 45.3 Å². The van der Waals surface area contributed by atoms with E-state index < -0.39 is 0 Å². The van der Waals surface area contributed by atoms with Crippen LogP contribution in [0.5, 0.6) is 0 Å². The maximum absolute atomic E-state index is 11.7. The minimum Gasteiger partial charge on any atom is -0.269 e. The van der Waals surface area contributed by atoms with E-state index in [0.29, 0.717) is 0 Å². The van der Waals surface area contributed by atoms with Crippen LogP contribution in [0.1, 0.15) is 147 Å². The number of rotatable bonds is 7. The third kappa shape index (κ3) is 9.18. The molecule has 6 heteroatoms. The fourth-order valence-corrected chi connectivity index (χ4v) is 8.96. The standard InChI is InChI=1S/C26H36.2C14H15NO2/c1-23(2,3)18-11-10-12-20(15-18)26(9)17-25(7,8)22-16-19(24(4,5)6)13-14-21(22)26;2*1-3-10-6-5-7-11(4-2)14(10)15-12(16)8-9-13(15)17/h10-16H,17H2,1-9H3;2*5-9H,3-4H2,1-2H3. The molecule has 2 aliphatic heterocycles. The van der Waals surface area contributed by atoms with E-state index in [1.165, 1.54) is 61.9 Å². The molecule has 7 rings (SSSR count). The van der Waals surface area contributed by atoms with Crippen LogP contribution in [0.2, 0.25) is 0 Å². The molecule has 1 aliphatic carbocycles. The van der Waals surface area contributed by atoms with Gasteiger partial charge in [0.15, 0.2) is 0 Å². The van der Waals surface area contributed by atoms with Crippen molar-refractivity contribution in [1.29, 1.82) is 0 Å². The van der Waals surface area contributed by atoms with Crippen LogP contribution in [0.15, 0.2) is 103 Å². The highest BCUT2D eigenvalue weighted by atomic mass is 16.2. The van der Waals surface area contributed by atoms with Gasteiger partial charge in [-0.1, -0.05) is 169 Å². The van der Waals surface area contributed by atoms with E-state index in [0.717, 1.165) is 65.7 Å². The summed E-state index contributed by atoms with van der Waals surface area (Å²) in [7, 11) is 0. The average molecular weight is 807 g/mol. The molecule has 60 heavy (non-hydrogen) atoms. The van der Waals surface area contributed by atoms with E-state index in [1.807, 2.05) is 64.1 Å². The Labute approximate surface area is 359 Å². The molecule has 316 valence electrons. The monoisotopic (exact) mass is 807 g/mol. The lowest BCUT2D eigenvalue weighted by Gasteiger charge is -2.30. The molecule has 0 bridgehead atoms. The molecule has 0 aromatic heterocycles. The highest BCUT2D eigenvalue weighted by molar-refractivity contribution is 6.29. The minimum absolute atomic E-state index is 0.0799. The Balaban J connectivity index is 0.000000177. The van der Waals surface area contributed by atoms with Crippen LogP contribution < -0.4 is 9.80 Å². The Bertz CT molecular complexity index is 2170. The number of imide groups is 2. The summed E-state index contributed by atoms with van der Waals surface area (Å²) in [6.07, 6.45) is 9.70. The first kappa shape index (κ1) is 45.7. The molecular weight excluding hydrogens is 741 g/mol. The maximum atomic E-state index is 11.7. The Hall–Kier alpha value is -5.36. The fourth-order valence-electron chi connectivity index (χ4n) is 8.96. The zero-order valence-electron chi connectivity index (χ0n) is 38.4. The number of fused-ring (bicyclic) bond motifs is 1. The first-order valence-corrected chi connectivity index (χ1v) is 21.7. The molecule has 0 saturated carbocycles. The minimum atomic E-state index is -0.245. The summed E-state index contributed by atoms with van der Waals surface area (Å²) in [5.41, 5.74) is 13.7. The second kappa shape index (κ2) is 17.7. The highest BCUT2D eigenvalue weighted by Gasteiger charge is 2.46. The van der Waals surface area contributed by atoms with Crippen molar-refractivity contribution in [2.75, 3.05) is 9.80 Å². The van der Waals surface area contributed by atoms with Gasteiger partial charge in [-0.05, 0) is 98.4 Å². The predicted octanol–water partition coefficient (Wildman–Crippen LogP) is 11.8. The molecule has 4 aromatic carbocycles. The van der Waals surface area contributed by atoms with Crippen LogP contribution in [0, 0.1) is 0 Å². The van der Waals surface area contributed by atoms with E-state index in [1.54, 1.807) is 0 Å². The second-order valence-electron chi connectivity index (χ2n) is 19.2. The van der Waals surface area contributed by atoms with Gasteiger partial charge in [0.25, 0.3) is 23.6 Å². The third-order valence-electron chi connectivity index (χ3n) is 12.4. The Morgan fingerprint density at radius 3 is 1.22 bits per heavy atom. The SMILES string of the molecule is CC(C)(C)c1cccc(C2(C)CC(C)(C)c3cc(C(C)(C)C)ccc32)c1.CCc1cccc(CC)c1N1C(=O)C=CC1=O.CCc1cccc(CC)c1N1C(=O)C=CC1=O. The van der Waals surface area contributed by atoms with Gasteiger partial charge in [0.2, 0.25) is 0 Å². The van der Waals surface area contributed by atoms with Crippen molar-refractivity contribution < 1.29 is 19.2 Å². The number of aryl methyl sites for hydroxylation is 4. The van der Waals surface area contributed by atoms with Gasteiger partial charge < -0.3 is 0 Å². The lowest BCUT2D eigenvalue weighted by Crippen LogP contribution is -2.31. The maximum Gasteiger partial charge on any atom is 0.258 e. The summed E-state index contributed by atoms with van der Waals surface area (Å²) >= 11 is 0. The molecule has 0 spiro atoms. The summed E-state index contributed by atoms with van der Waals surface area (Å²) < 4.78 is 0. The average Bonchev–Trinajstić information content (AvgIpc) is 3.80. The van der Waals surface area contributed by atoms with Crippen molar-refractivity contribution in [2.24, 2.45) is 0 Å². The number of hydrogen-bond acceptors (Lipinski definition) is 4. The third-order valence-corrected chi connectivity index (χ3v) is 12.4. The molecule has 1 unspecified atom stereocenters. The van der Waals surface area contributed by atoms with Gasteiger partial charge in [0, 0.05) is 29.7 Å². The number of nitrogens with zero attached hydrogens (tertiary/aromatic N) is 2. The van der Waals surface area contributed by atoms with Gasteiger partial charge >= 0.3 is 0 Å². The first-order valence-electron chi connectivity index (χ1n) is 21.7. The van der Waals surface area contributed by atoms with E-state index >= 15 is 0 Å². The second-order valence-corrected chi connectivity index (χ2v) is 19.2. The molecular formula is C54H66N2O4. The van der Waals surface area contributed by atoms with Crippen LogP contribution in [-0.2, 0) is 66.5 Å². The van der Waals surface area contributed by atoms with Crippen LogP contribution in [-0.4, -0.2) is 23.6 Å². The van der Waals surface area contributed by atoms with Crippen molar-refractivity contribution in [1.82, 2.24) is 0 Å². The van der Waals surface area contributed by atoms with Gasteiger partial charge in [-0.25, -0.2) is 9.80 Å². The van der Waals surface area contributed by atoms with Crippen LogP contribution in [0.3, 0.4) is 0 Å². The molecule has 0 fully saturated rings. The number of carbonyl (C=O) groups is 4. The predicted molar refractivity (Wildman–Crippen MR) is 248 cm³/mol. The van der Waals surface area contributed by atoms with Gasteiger partial charge in [0.05, 0.1) is 11.4 Å². The summed E-state index contributed by atoms with van der Waals surface area (Å²) in [4.78, 5) is 49.5. The summed E-state index contributed by atoms with van der Waals surface area (Å²) in [5.74, 6) is -0.979. The first-order chi connectivity index (χ1) is 28.1. The number of carbonyl (C=O) groups excluding carboxylic acids is 4. The Morgan fingerprint density at radius 2 is 0.850 bits per heavy atom. The molecule has 4 amide bonds. The van der Waals surface area contributed by atoms with Crippen molar-refractivity contribution >= 4 is 35.0 Å². The molecule has 1 atom stereocenters. The zero-order valence-corrected chi connectivity index (χ0v) is 38.4. The van der Waals surface area contributed by atoms with Crippen molar-refractivity contribution in [3.8, 4) is 0 Å². The van der Waals surface area contributed by atoms with Crippen molar-refractivity contribution in [3.05, 3.63) is 153 Å². The van der Waals surface area contributed by atoms with Crippen molar-refractivity contribution in [2.45, 2.75) is 144 Å². The highest BCUT2D eigenvalue weighted by Crippen LogP contribution is 2.53. The molecule has 0 saturated heterocycles. The molecule has 0 N–H and O–H groups in total. The van der Waals surface area contributed by atoms with Gasteiger partial charge in [-0.15, -0.1) is 0 Å². The lowest BCUT2D eigenvalue weighted by atomic mass is 9.73. The van der Waals surface area contributed by atoms with E-state index in [2.05, 4.69) is 105 Å². The van der Waals surface area contributed by atoms with Crippen LogP contribution in [0.4, 0.5) is 11.4 Å². The number of para-hydroxylation sites is 2. The number of anilines is 2. The molecule has 3 aliphatic rings. The summed E-state index contributed by atoms with van der Waals surface area (Å²) in [6.45, 7) is 29.2. The summed E-state index contributed by atoms with van der Waals surface area (Å²) in [5, 5.41) is 0. The normalized spacial score (nSPS) is 18.1. The molecule has 0 radical (unpaired) electrons. The van der Waals surface area contributed by atoms with Crippen LogP contribution >= 0.6 is 0 Å². The molecule has 2 heterocycles. The molecule has 6 nitrogen and oxygen atoms in total. The van der Waals surface area contributed by atoms with Crippen LogP contribution in [0.25, 0.3) is 0 Å².